The minimum absolute atomic E-state index is 0.163. The van der Waals surface area contributed by atoms with Crippen LogP contribution in [0, 0.1) is 5.41 Å². The molecule has 0 aromatic heterocycles. The van der Waals surface area contributed by atoms with Crippen LogP contribution in [-0.4, -0.2) is 38.3 Å². The highest BCUT2D eigenvalue weighted by Crippen LogP contribution is 2.26. The summed E-state index contributed by atoms with van der Waals surface area (Å²) in [6.45, 7) is 5.14. The molecule has 2 aliphatic rings. The molecule has 0 aliphatic carbocycles. The largest absolute Gasteiger partial charge is 0.379 e. The van der Waals surface area contributed by atoms with Gasteiger partial charge < -0.3 is 15.4 Å². The van der Waals surface area contributed by atoms with E-state index >= 15 is 0 Å². The first-order chi connectivity index (χ1) is 6.71. The molecule has 14 heavy (non-hydrogen) atoms. The maximum Gasteiger partial charge on any atom is 0.230 e. The van der Waals surface area contributed by atoms with Gasteiger partial charge in [0.1, 0.15) is 0 Å². The topological polar surface area (TPSA) is 50.4 Å². The average Bonchev–Trinajstić information content (AvgIpc) is 2.15. The maximum absolute atomic E-state index is 11.8. The molecule has 2 rings (SSSR count). The van der Waals surface area contributed by atoms with Gasteiger partial charge in [0.15, 0.2) is 0 Å². The standard InChI is InChI=1S/C10H18N2O2/c1-10(6-14-7-10)9(13)12-8-2-4-11-5-3-8/h8,11H,2-7H2,1H3,(H,12,13). The molecule has 0 unspecified atom stereocenters. The van der Waals surface area contributed by atoms with Crippen molar-refractivity contribution in [1.82, 2.24) is 10.6 Å². The molecule has 2 N–H and O–H groups in total. The van der Waals surface area contributed by atoms with Crippen LogP contribution in [0.5, 0.6) is 0 Å². The first-order valence-corrected chi connectivity index (χ1v) is 5.30. The van der Waals surface area contributed by atoms with Crippen molar-refractivity contribution in [2.75, 3.05) is 26.3 Å². The Balaban J connectivity index is 1.81. The second-order valence-electron chi connectivity index (χ2n) is 4.55. The second kappa shape index (κ2) is 3.87. The third-order valence-electron chi connectivity index (χ3n) is 3.06. The molecular formula is C10H18N2O2. The van der Waals surface area contributed by atoms with Gasteiger partial charge in [0.2, 0.25) is 5.91 Å². The smallest absolute Gasteiger partial charge is 0.230 e. The van der Waals surface area contributed by atoms with E-state index in [2.05, 4.69) is 10.6 Å². The Morgan fingerprint density at radius 2 is 2.07 bits per heavy atom. The lowest BCUT2D eigenvalue weighted by Gasteiger charge is -2.38. The van der Waals surface area contributed by atoms with Gasteiger partial charge in [-0.1, -0.05) is 0 Å². The Bertz CT molecular complexity index is 220. The highest BCUT2D eigenvalue weighted by atomic mass is 16.5. The van der Waals surface area contributed by atoms with Crippen LogP contribution in [0.1, 0.15) is 19.8 Å². The number of carbonyl (C=O) groups excluding carboxylic acids is 1. The Hall–Kier alpha value is -0.610. The van der Waals surface area contributed by atoms with Crippen molar-refractivity contribution >= 4 is 5.91 Å². The number of ether oxygens (including phenoxy) is 1. The van der Waals surface area contributed by atoms with E-state index < -0.39 is 0 Å². The molecule has 2 saturated heterocycles. The van der Waals surface area contributed by atoms with Gasteiger partial charge in [-0.2, -0.15) is 0 Å². The molecule has 4 nitrogen and oxygen atoms in total. The van der Waals surface area contributed by atoms with Crippen LogP contribution in [0.3, 0.4) is 0 Å². The summed E-state index contributed by atoms with van der Waals surface area (Å²) in [7, 11) is 0. The van der Waals surface area contributed by atoms with Crippen LogP contribution in [0.2, 0.25) is 0 Å². The fraction of sp³-hybridized carbons (Fsp3) is 0.900. The number of nitrogens with one attached hydrogen (secondary N) is 2. The molecule has 4 heteroatoms. The molecule has 2 fully saturated rings. The number of rotatable bonds is 2. The third-order valence-corrected chi connectivity index (χ3v) is 3.06. The lowest BCUT2D eigenvalue weighted by molar-refractivity contribution is -0.158. The Morgan fingerprint density at radius 1 is 1.43 bits per heavy atom. The molecule has 0 atom stereocenters. The zero-order chi connectivity index (χ0) is 10.0. The number of amides is 1. The summed E-state index contributed by atoms with van der Waals surface area (Å²) in [5, 5.41) is 6.38. The molecule has 0 radical (unpaired) electrons. The van der Waals surface area contributed by atoms with Crippen molar-refractivity contribution in [2.24, 2.45) is 5.41 Å². The lowest BCUT2D eigenvalue weighted by atomic mass is 9.87. The van der Waals surface area contributed by atoms with Crippen molar-refractivity contribution in [3.05, 3.63) is 0 Å². The first kappa shape index (κ1) is 9.93. The van der Waals surface area contributed by atoms with Crippen molar-refractivity contribution in [3.8, 4) is 0 Å². The van der Waals surface area contributed by atoms with Crippen molar-refractivity contribution < 1.29 is 9.53 Å². The van der Waals surface area contributed by atoms with E-state index in [4.69, 9.17) is 4.74 Å². The number of carbonyl (C=O) groups is 1. The summed E-state index contributed by atoms with van der Waals surface area (Å²) in [5.41, 5.74) is -0.259. The summed E-state index contributed by atoms with van der Waals surface area (Å²) in [6.07, 6.45) is 2.09. The van der Waals surface area contributed by atoms with Gasteiger partial charge in [-0.15, -0.1) is 0 Å². The second-order valence-corrected chi connectivity index (χ2v) is 4.55. The maximum atomic E-state index is 11.8. The molecule has 0 bridgehead atoms. The Kier molecular flexibility index (Phi) is 2.74. The predicted octanol–water partition coefficient (Wildman–Crippen LogP) is -0.109. The molecule has 1 amide bonds. The molecule has 0 saturated carbocycles. The fourth-order valence-electron chi connectivity index (χ4n) is 1.87. The van der Waals surface area contributed by atoms with E-state index in [0.29, 0.717) is 19.3 Å². The van der Waals surface area contributed by atoms with Crippen molar-refractivity contribution in [3.63, 3.8) is 0 Å². The monoisotopic (exact) mass is 198 g/mol. The van der Waals surface area contributed by atoms with Crippen LogP contribution in [0.15, 0.2) is 0 Å². The van der Waals surface area contributed by atoms with Gasteiger partial charge >= 0.3 is 0 Å². The number of hydrogen-bond donors (Lipinski definition) is 2. The van der Waals surface area contributed by atoms with Crippen molar-refractivity contribution in [2.45, 2.75) is 25.8 Å². The normalized spacial score (nSPS) is 26.6. The zero-order valence-electron chi connectivity index (χ0n) is 8.64. The van der Waals surface area contributed by atoms with E-state index in [1.165, 1.54) is 0 Å². The first-order valence-electron chi connectivity index (χ1n) is 5.30. The summed E-state index contributed by atoms with van der Waals surface area (Å²) in [6, 6.07) is 0.362. The molecule has 0 spiro atoms. The van der Waals surface area contributed by atoms with Gasteiger partial charge in [0, 0.05) is 6.04 Å². The number of piperidine rings is 1. The van der Waals surface area contributed by atoms with Gasteiger partial charge in [-0.25, -0.2) is 0 Å². The van der Waals surface area contributed by atoms with E-state index in [0.717, 1.165) is 25.9 Å². The minimum atomic E-state index is -0.259. The lowest BCUT2D eigenvalue weighted by Crippen LogP contribution is -2.55. The van der Waals surface area contributed by atoms with Gasteiger partial charge in [-0.05, 0) is 32.9 Å². The van der Waals surface area contributed by atoms with E-state index in [9.17, 15) is 4.79 Å². The summed E-state index contributed by atoms with van der Waals surface area (Å²) in [5.74, 6) is 0.163. The van der Waals surface area contributed by atoms with Crippen LogP contribution < -0.4 is 10.6 Å². The Morgan fingerprint density at radius 3 is 2.57 bits per heavy atom. The third kappa shape index (κ3) is 1.91. The zero-order valence-corrected chi connectivity index (χ0v) is 8.64. The molecule has 0 aromatic carbocycles. The summed E-state index contributed by atoms with van der Waals surface area (Å²) < 4.78 is 5.07. The highest BCUT2D eigenvalue weighted by molar-refractivity contribution is 5.83. The van der Waals surface area contributed by atoms with Crippen LogP contribution in [0.4, 0.5) is 0 Å². The fourth-order valence-corrected chi connectivity index (χ4v) is 1.87. The SMILES string of the molecule is CC1(C(=O)NC2CCNCC2)COC1. The molecule has 2 heterocycles. The summed E-state index contributed by atoms with van der Waals surface area (Å²) >= 11 is 0. The quantitative estimate of drug-likeness (QED) is 0.651. The van der Waals surface area contributed by atoms with E-state index in [1.54, 1.807) is 0 Å². The van der Waals surface area contributed by atoms with Gasteiger partial charge in [-0.3, -0.25) is 4.79 Å². The van der Waals surface area contributed by atoms with Crippen LogP contribution in [-0.2, 0) is 9.53 Å². The van der Waals surface area contributed by atoms with Gasteiger partial charge in [0.25, 0.3) is 0 Å². The van der Waals surface area contributed by atoms with Crippen LogP contribution in [0.25, 0.3) is 0 Å². The molecule has 2 aliphatic heterocycles. The molecule has 0 aromatic rings. The van der Waals surface area contributed by atoms with E-state index in [1.807, 2.05) is 6.92 Å². The highest BCUT2D eigenvalue weighted by Gasteiger charge is 2.41. The molecular weight excluding hydrogens is 180 g/mol. The predicted molar refractivity (Wildman–Crippen MR) is 53.0 cm³/mol. The van der Waals surface area contributed by atoms with E-state index in [-0.39, 0.29) is 11.3 Å². The minimum Gasteiger partial charge on any atom is -0.379 e. The summed E-state index contributed by atoms with van der Waals surface area (Å²) in [4.78, 5) is 11.8. The van der Waals surface area contributed by atoms with Crippen LogP contribution >= 0.6 is 0 Å². The average molecular weight is 198 g/mol. The number of hydrogen-bond acceptors (Lipinski definition) is 3. The van der Waals surface area contributed by atoms with Crippen molar-refractivity contribution in [1.29, 1.82) is 0 Å². The Labute approximate surface area is 84.4 Å². The molecule has 80 valence electrons. The van der Waals surface area contributed by atoms with Gasteiger partial charge in [0.05, 0.1) is 18.6 Å².